The summed E-state index contributed by atoms with van der Waals surface area (Å²) in [5.41, 5.74) is 1.54. The summed E-state index contributed by atoms with van der Waals surface area (Å²) in [6.07, 6.45) is 0. The van der Waals surface area contributed by atoms with E-state index in [4.69, 9.17) is 11.6 Å². The summed E-state index contributed by atoms with van der Waals surface area (Å²) < 4.78 is 1.96. The summed E-state index contributed by atoms with van der Waals surface area (Å²) in [4.78, 5) is 27.1. The maximum Gasteiger partial charge on any atom is 0.258 e. The Morgan fingerprint density at radius 1 is 1.07 bits per heavy atom. The lowest BCUT2D eigenvalue weighted by Crippen LogP contribution is -2.22. The standard InChI is InChI=1S/C22H17ClN2O2S/c1-2-25-17-11-6-4-9-15(17)20(26)19(18-12-7-13-28-18)21(25)24-22(27)14-8-3-5-10-16(14)23/h3-13H,2H2,1H3,(H,24,27). The van der Waals surface area contributed by atoms with Gasteiger partial charge in [0.05, 0.1) is 21.7 Å². The Kier molecular flexibility index (Phi) is 5.03. The Hall–Kier alpha value is -2.89. The average Bonchev–Trinajstić information content (AvgIpc) is 3.23. The van der Waals surface area contributed by atoms with Crippen LogP contribution in [0.3, 0.4) is 0 Å². The fourth-order valence-corrected chi connectivity index (χ4v) is 4.32. The number of pyridine rings is 1. The topological polar surface area (TPSA) is 51.1 Å². The summed E-state index contributed by atoms with van der Waals surface area (Å²) in [6, 6.07) is 18.1. The lowest BCUT2D eigenvalue weighted by atomic mass is 10.1. The molecule has 0 unspecified atom stereocenters. The summed E-state index contributed by atoms with van der Waals surface area (Å²) in [7, 11) is 0. The fraction of sp³-hybridized carbons (Fsp3) is 0.0909. The lowest BCUT2D eigenvalue weighted by Gasteiger charge is -2.19. The second-order valence-corrected chi connectivity index (χ2v) is 7.58. The first-order chi connectivity index (χ1) is 13.6. The number of benzene rings is 2. The molecule has 1 amide bonds. The maximum absolute atomic E-state index is 13.3. The predicted molar refractivity (Wildman–Crippen MR) is 117 cm³/mol. The molecule has 0 saturated heterocycles. The Morgan fingerprint density at radius 2 is 1.82 bits per heavy atom. The van der Waals surface area contributed by atoms with Crippen LogP contribution in [-0.2, 0) is 6.54 Å². The summed E-state index contributed by atoms with van der Waals surface area (Å²) in [6.45, 7) is 2.58. The van der Waals surface area contributed by atoms with Crippen molar-refractivity contribution in [3.05, 3.63) is 86.9 Å². The number of amides is 1. The maximum atomic E-state index is 13.3. The van der Waals surface area contributed by atoms with Gasteiger partial charge in [0, 0.05) is 16.8 Å². The third-order valence-electron chi connectivity index (χ3n) is 4.61. The molecule has 0 saturated carbocycles. The number of hydrogen-bond acceptors (Lipinski definition) is 3. The molecule has 0 spiro atoms. The molecule has 2 heterocycles. The van der Waals surface area contributed by atoms with Crippen LogP contribution in [0.2, 0.25) is 5.02 Å². The number of fused-ring (bicyclic) bond motifs is 1. The number of para-hydroxylation sites is 1. The third kappa shape index (κ3) is 3.13. The highest BCUT2D eigenvalue weighted by Gasteiger charge is 2.21. The highest BCUT2D eigenvalue weighted by Crippen LogP contribution is 2.32. The van der Waals surface area contributed by atoms with Crippen molar-refractivity contribution >= 4 is 45.6 Å². The van der Waals surface area contributed by atoms with Gasteiger partial charge in [-0.2, -0.15) is 0 Å². The van der Waals surface area contributed by atoms with E-state index in [1.165, 1.54) is 11.3 Å². The van der Waals surface area contributed by atoms with E-state index in [0.29, 0.717) is 33.9 Å². The quantitative estimate of drug-likeness (QED) is 0.474. The number of aryl methyl sites for hydroxylation is 1. The molecule has 28 heavy (non-hydrogen) atoms. The molecule has 4 nitrogen and oxygen atoms in total. The molecule has 0 bridgehead atoms. The van der Waals surface area contributed by atoms with E-state index in [1.54, 1.807) is 24.3 Å². The molecule has 6 heteroatoms. The van der Waals surface area contributed by atoms with Crippen molar-refractivity contribution in [1.29, 1.82) is 0 Å². The van der Waals surface area contributed by atoms with E-state index in [1.807, 2.05) is 53.3 Å². The van der Waals surface area contributed by atoms with Gasteiger partial charge in [-0.05, 0) is 42.6 Å². The number of carbonyl (C=O) groups excluding carboxylic acids is 1. The van der Waals surface area contributed by atoms with Gasteiger partial charge in [0.15, 0.2) is 5.43 Å². The van der Waals surface area contributed by atoms with Gasteiger partial charge >= 0.3 is 0 Å². The summed E-state index contributed by atoms with van der Waals surface area (Å²) in [5, 5.41) is 5.86. The van der Waals surface area contributed by atoms with Gasteiger partial charge in [0.1, 0.15) is 5.82 Å². The summed E-state index contributed by atoms with van der Waals surface area (Å²) in [5.74, 6) is 0.138. The van der Waals surface area contributed by atoms with E-state index in [0.717, 1.165) is 10.4 Å². The number of carbonyl (C=O) groups is 1. The molecule has 0 atom stereocenters. The van der Waals surface area contributed by atoms with Crippen LogP contribution < -0.4 is 10.7 Å². The predicted octanol–water partition coefficient (Wildman–Crippen LogP) is 5.66. The zero-order valence-electron chi connectivity index (χ0n) is 15.1. The zero-order chi connectivity index (χ0) is 19.7. The fourth-order valence-electron chi connectivity index (χ4n) is 3.33. The normalized spacial score (nSPS) is 10.9. The van der Waals surface area contributed by atoms with Gasteiger partial charge in [-0.3, -0.25) is 9.59 Å². The molecular formula is C22H17ClN2O2S. The Labute approximate surface area is 171 Å². The number of nitrogens with one attached hydrogen (secondary N) is 1. The van der Waals surface area contributed by atoms with Crippen LogP contribution in [-0.4, -0.2) is 10.5 Å². The number of rotatable bonds is 4. The summed E-state index contributed by atoms with van der Waals surface area (Å²) >= 11 is 7.66. The SMILES string of the molecule is CCn1c(NC(=O)c2ccccc2Cl)c(-c2cccs2)c(=O)c2ccccc21. The lowest BCUT2D eigenvalue weighted by molar-refractivity contribution is 0.102. The Bertz CT molecular complexity index is 1230. The van der Waals surface area contributed by atoms with Crippen molar-refractivity contribution < 1.29 is 4.79 Å². The largest absolute Gasteiger partial charge is 0.327 e. The van der Waals surface area contributed by atoms with Crippen molar-refractivity contribution in [2.75, 3.05) is 5.32 Å². The second-order valence-electron chi connectivity index (χ2n) is 6.23. The van der Waals surface area contributed by atoms with Crippen LogP contribution in [0, 0.1) is 0 Å². The van der Waals surface area contributed by atoms with Crippen LogP contribution in [0.15, 0.2) is 70.8 Å². The molecule has 0 radical (unpaired) electrons. The number of nitrogens with zero attached hydrogens (tertiary/aromatic N) is 1. The molecule has 2 aromatic heterocycles. The highest BCUT2D eigenvalue weighted by molar-refractivity contribution is 7.13. The van der Waals surface area contributed by atoms with Crippen LogP contribution in [0.4, 0.5) is 5.82 Å². The van der Waals surface area contributed by atoms with Crippen molar-refractivity contribution in [2.24, 2.45) is 0 Å². The molecule has 2 aromatic carbocycles. The molecule has 0 fully saturated rings. The highest BCUT2D eigenvalue weighted by atomic mass is 35.5. The van der Waals surface area contributed by atoms with Crippen molar-refractivity contribution in [2.45, 2.75) is 13.5 Å². The minimum Gasteiger partial charge on any atom is -0.327 e. The number of halogens is 1. The molecule has 1 N–H and O–H groups in total. The molecule has 0 aliphatic heterocycles. The van der Waals surface area contributed by atoms with Gasteiger partial charge in [-0.25, -0.2) is 0 Å². The molecule has 0 aliphatic rings. The van der Waals surface area contributed by atoms with E-state index >= 15 is 0 Å². The van der Waals surface area contributed by atoms with Gasteiger partial charge in [0.25, 0.3) is 5.91 Å². The molecule has 0 aliphatic carbocycles. The van der Waals surface area contributed by atoms with Crippen LogP contribution in [0.5, 0.6) is 0 Å². The average molecular weight is 409 g/mol. The molecule has 140 valence electrons. The van der Waals surface area contributed by atoms with Gasteiger partial charge in [-0.15, -0.1) is 11.3 Å². The number of anilines is 1. The van der Waals surface area contributed by atoms with Crippen LogP contribution in [0.25, 0.3) is 21.3 Å². The smallest absolute Gasteiger partial charge is 0.258 e. The van der Waals surface area contributed by atoms with Crippen molar-refractivity contribution in [1.82, 2.24) is 4.57 Å². The Balaban J connectivity index is 1.98. The molecular weight excluding hydrogens is 392 g/mol. The van der Waals surface area contributed by atoms with Gasteiger partial charge < -0.3 is 9.88 Å². The number of aromatic nitrogens is 1. The van der Waals surface area contributed by atoms with E-state index < -0.39 is 0 Å². The van der Waals surface area contributed by atoms with Crippen LogP contribution >= 0.6 is 22.9 Å². The number of hydrogen-bond donors (Lipinski definition) is 1. The monoisotopic (exact) mass is 408 g/mol. The number of thiophene rings is 1. The zero-order valence-corrected chi connectivity index (χ0v) is 16.7. The third-order valence-corrected chi connectivity index (χ3v) is 5.82. The first-order valence-electron chi connectivity index (χ1n) is 8.87. The van der Waals surface area contributed by atoms with Gasteiger partial charge in [-0.1, -0.05) is 41.9 Å². The second kappa shape index (κ2) is 7.62. The minimum absolute atomic E-state index is 0.0998. The van der Waals surface area contributed by atoms with Crippen LogP contribution in [0.1, 0.15) is 17.3 Å². The molecule has 4 aromatic rings. The van der Waals surface area contributed by atoms with Crippen molar-refractivity contribution in [3.63, 3.8) is 0 Å². The first kappa shape index (κ1) is 18.5. The molecule has 4 rings (SSSR count). The first-order valence-corrected chi connectivity index (χ1v) is 10.1. The van der Waals surface area contributed by atoms with E-state index in [9.17, 15) is 9.59 Å². The van der Waals surface area contributed by atoms with Gasteiger partial charge in [0.2, 0.25) is 0 Å². The van der Waals surface area contributed by atoms with E-state index in [-0.39, 0.29) is 11.3 Å². The minimum atomic E-state index is -0.347. The Morgan fingerprint density at radius 3 is 2.54 bits per heavy atom. The van der Waals surface area contributed by atoms with Crippen molar-refractivity contribution in [3.8, 4) is 10.4 Å². The van der Waals surface area contributed by atoms with E-state index in [2.05, 4.69) is 5.32 Å².